The van der Waals surface area contributed by atoms with Crippen LogP contribution in [0.25, 0.3) is 11.4 Å². The van der Waals surface area contributed by atoms with Crippen LogP contribution >= 0.6 is 45.8 Å². The Balaban J connectivity index is 1.58. The summed E-state index contributed by atoms with van der Waals surface area (Å²) < 4.78 is 6.33. The van der Waals surface area contributed by atoms with Crippen molar-refractivity contribution in [3.8, 4) is 11.4 Å². The van der Waals surface area contributed by atoms with Crippen LogP contribution in [0.3, 0.4) is 0 Å². The van der Waals surface area contributed by atoms with E-state index >= 15 is 0 Å². The summed E-state index contributed by atoms with van der Waals surface area (Å²) in [6.45, 7) is 0. The molecule has 0 saturated heterocycles. The molecule has 128 valence electrons. The molecule has 0 aliphatic rings. The van der Waals surface area contributed by atoms with Crippen LogP contribution in [-0.2, 0) is 11.2 Å². The minimum atomic E-state index is -0.188. The second-order valence-corrected chi connectivity index (χ2v) is 7.34. The lowest BCUT2D eigenvalue weighted by Crippen LogP contribution is -2.12. The first-order valence-corrected chi connectivity index (χ1v) is 9.17. The van der Waals surface area contributed by atoms with Crippen molar-refractivity contribution in [2.24, 2.45) is 0 Å². The minimum Gasteiger partial charge on any atom is -0.339 e. The van der Waals surface area contributed by atoms with E-state index in [0.717, 1.165) is 9.13 Å². The molecule has 0 aliphatic carbocycles. The van der Waals surface area contributed by atoms with Crippen molar-refractivity contribution in [1.29, 1.82) is 0 Å². The summed E-state index contributed by atoms with van der Waals surface area (Å²) in [7, 11) is 0. The zero-order chi connectivity index (χ0) is 17.8. The normalized spacial score (nSPS) is 10.7. The molecule has 0 spiro atoms. The number of benzene rings is 2. The van der Waals surface area contributed by atoms with Gasteiger partial charge in [-0.3, -0.25) is 4.79 Å². The summed E-state index contributed by atoms with van der Waals surface area (Å²) in [5.41, 5.74) is 1.42. The van der Waals surface area contributed by atoms with Gasteiger partial charge >= 0.3 is 0 Å². The van der Waals surface area contributed by atoms with Gasteiger partial charge in [-0.2, -0.15) is 4.98 Å². The van der Waals surface area contributed by atoms with E-state index in [4.69, 9.17) is 27.7 Å². The van der Waals surface area contributed by atoms with E-state index in [1.165, 1.54) is 0 Å². The third-order valence-electron chi connectivity index (χ3n) is 3.28. The molecule has 3 aromatic rings. The van der Waals surface area contributed by atoms with Crippen LogP contribution in [0.2, 0.25) is 10.0 Å². The molecule has 0 aliphatic heterocycles. The third-order valence-corrected chi connectivity index (χ3v) is 4.44. The molecular formula is C17H12Cl2IN3O2. The number of rotatable bonds is 5. The molecule has 0 unspecified atom stereocenters. The first kappa shape index (κ1) is 18.2. The molecule has 0 bridgehead atoms. The van der Waals surface area contributed by atoms with E-state index in [2.05, 4.69) is 38.0 Å². The Morgan fingerprint density at radius 3 is 2.48 bits per heavy atom. The van der Waals surface area contributed by atoms with Gasteiger partial charge in [0.15, 0.2) is 0 Å². The molecule has 1 aromatic heterocycles. The Morgan fingerprint density at radius 1 is 1.12 bits per heavy atom. The Morgan fingerprint density at radius 2 is 1.80 bits per heavy atom. The molecular weight excluding hydrogens is 476 g/mol. The molecule has 0 saturated carbocycles. The number of hydrogen-bond donors (Lipinski definition) is 1. The standard InChI is InChI=1S/C17H12Cl2IN3O2/c18-11-7-12(19)9-14(8-11)21-15(24)5-6-16-22-17(23-25-16)10-1-3-13(20)4-2-10/h1-4,7-9H,5-6H2,(H,21,24). The lowest BCUT2D eigenvalue weighted by atomic mass is 10.2. The summed E-state index contributed by atoms with van der Waals surface area (Å²) in [6.07, 6.45) is 0.552. The Kier molecular flexibility index (Phi) is 5.93. The smallest absolute Gasteiger partial charge is 0.227 e. The first-order chi connectivity index (χ1) is 12.0. The number of carbonyl (C=O) groups excluding carboxylic acids is 1. The van der Waals surface area contributed by atoms with Gasteiger partial charge in [0.25, 0.3) is 0 Å². The number of carbonyl (C=O) groups is 1. The highest BCUT2D eigenvalue weighted by atomic mass is 127. The monoisotopic (exact) mass is 487 g/mol. The van der Waals surface area contributed by atoms with Gasteiger partial charge in [0, 0.05) is 37.7 Å². The molecule has 8 heteroatoms. The molecule has 0 fully saturated rings. The predicted molar refractivity (Wildman–Crippen MR) is 106 cm³/mol. The Hall–Kier alpha value is -1.64. The number of hydrogen-bond acceptors (Lipinski definition) is 4. The van der Waals surface area contributed by atoms with Gasteiger partial charge in [-0.15, -0.1) is 0 Å². The van der Waals surface area contributed by atoms with E-state index in [-0.39, 0.29) is 12.3 Å². The van der Waals surface area contributed by atoms with Crippen LogP contribution in [0.4, 0.5) is 5.69 Å². The van der Waals surface area contributed by atoms with Crippen LogP contribution in [0.5, 0.6) is 0 Å². The number of halogens is 3. The number of amides is 1. The maximum atomic E-state index is 12.0. The van der Waals surface area contributed by atoms with Crippen molar-refractivity contribution < 1.29 is 9.32 Å². The van der Waals surface area contributed by atoms with Crippen molar-refractivity contribution in [2.45, 2.75) is 12.8 Å². The van der Waals surface area contributed by atoms with Gasteiger partial charge < -0.3 is 9.84 Å². The molecule has 1 heterocycles. The van der Waals surface area contributed by atoms with Crippen LogP contribution in [0.1, 0.15) is 12.3 Å². The summed E-state index contributed by atoms with van der Waals surface area (Å²) in [5.74, 6) is 0.730. The highest BCUT2D eigenvalue weighted by Crippen LogP contribution is 2.23. The average Bonchev–Trinajstić information content (AvgIpc) is 3.01. The lowest BCUT2D eigenvalue weighted by Gasteiger charge is -2.05. The number of aromatic nitrogens is 2. The van der Waals surface area contributed by atoms with Crippen molar-refractivity contribution in [3.63, 3.8) is 0 Å². The largest absolute Gasteiger partial charge is 0.339 e. The molecule has 0 atom stereocenters. The van der Waals surface area contributed by atoms with E-state index in [1.807, 2.05) is 24.3 Å². The van der Waals surface area contributed by atoms with E-state index in [9.17, 15) is 4.79 Å². The zero-order valence-electron chi connectivity index (χ0n) is 12.8. The van der Waals surface area contributed by atoms with Crippen molar-refractivity contribution in [2.75, 3.05) is 5.32 Å². The predicted octanol–water partition coefficient (Wildman–Crippen LogP) is 5.22. The quantitative estimate of drug-likeness (QED) is 0.501. The maximum absolute atomic E-state index is 12.0. The summed E-state index contributed by atoms with van der Waals surface area (Å²) in [5, 5.41) is 7.61. The van der Waals surface area contributed by atoms with Gasteiger partial charge in [-0.25, -0.2) is 0 Å². The van der Waals surface area contributed by atoms with E-state index < -0.39 is 0 Å². The van der Waals surface area contributed by atoms with Gasteiger partial charge in [-0.1, -0.05) is 40.5 Å². The molecule has 3 rings (SSSR count). The SMILES string of the molecule is O=C(CCc1nc(-c2ccc(I)cc2)no1)Nc1cc(Cl)cc(Cl)c1. The van der Waals surface area contributed by atoms with Crippen molar-refractivity contribution in [1.82, 2.24) is 10.1 Å². The molecule has 2 aromatic carbocycles. The fraction of sp³-hybridized carbons (Fsp3) is 0.118. The summed E-state index contributed by atoms with van der Waals surface area (Å²) in [4.78, 5) is 16.3. The zero-order valence-corrected chi connectivity index (χ0v) is 16.5. The van der Waals surface area contributed by atoms with Crippen LogP contribution in [0.15, 0.2) is 47.0 Å². The number of nitrogens with one attached hydrogen (secondary N) is 1. The molecule has 1 N–H and O–H groups in total. The number of nitrogens with zero attached hydrogens (tertiary/aromatic N) is 2. The second-order valence-electron chi connectivity index (χ2n) is 5.22. The summed E-state index contributed by atoms with van der Waals surface area (Å²) in [6, 6.07) is 12.6. The average molecular weight is 488 g/mol. The fourth-order valence-corrected chi connectivity index (χ4v) is 3.03. The molecule has 5 nitrogen and oxygen atoms in total. The van der Waals surface area contributed by atoms with Crippen LogP contribution in [0, 0.1) is 3.57 Å². The maximum Gasteiger partial charge on any atom is 0.227 e. The van der Waals surface area contributed by atoms with E-state index in [0.29, 0.717) is 33.9 Å². The number of aryl methyl sites for hydroxylation is 1. The van der Waals surface area contributed by atoms with Crippen molar-refractivity contribution in [3.05, 3.63) is 62.0 Å². The highest BCUT2D eigenvalue weighted by Gasteiger charge is 2.11. The van der Waals surface area contributed by atoms with E-state index in [1.54, 1.807) is 18.2 Å². The second kappa shape index (κ2) is 8.16. The lowest BCUT2D eigenvalue weighted by molar-refractivity contribution is -0.116. The molecule has 1 amide bonds. The topological polar surface area (TPSA) is 68.0 Å². The fourth-order valence-electron chi connectivity index (χ4n) is 2.14. The highest BCUT2D eigenvalue weighted by molar-refractivity contribution is 14.1. The summed E-state index contributed by atoms with van der Waals surface area (Å²) >= 11 is 14.0. The Bertz CT molecular complexity index is 877. The third kappa shape index (κ3) is 5.17. The van der Waals surface area contributed by atoms with Gasteiger partial charge in [0.05, 0.1) is 0 Å². The molecule has 0 radical (unpaired) electrons. The van der Waals surface area contributed by atoms with Gasteiger partial charge in [0.1, 0.15) is 0 Å². The first-order valence-electron chi connectivity index (χ1n) is 7.34. The Labute approximate surface area is 167 Å². The van der Waals surface area contributed by atoms with Gasteiger partial charge in [-0.05, 0) is 52.9 Å². The number of anilines is 1. The molecule has 25 heavy (non-hydrogen) atoms. The van der Waals surface area contributed by atoms with Crippen LogP contribution in [-0.4, -0.2) is 16.0 Å². The van der Waals surface area contributed by atoms with Crippen LogP contribution < -0.4 is 5.32 Å². The van der Waals surface area contributed by atoms with Gasteiger partial charge in [0.2, 0.25) is 17.6 Å². The minimum absolute atomic E-state index is 0.188. The van der Waals surface area contributed by atoms with Crippen molar-refractivity contribution >= 4 is 57.4 Å².